The highest BCUT2D eigenvalue weighted by atomic mass is 28.3. The second-order valence-electron chi connectivity index (χ2n) is 3.42. The summed E-state index contributed by atoms with van der Waals surface area (Å²) < 4.78 is 5.42. The Morgan fingerprint density at radius 3 is 1.91 bits per heavy atom. The molecule has 0 aromatic rings. The molecule has 0 aliphatic carbocycles. The maximum absolute atomic E-state index is 5.42. The van der Waals surface area contributed by atoms with Gasteiger partial charge in [-0.05, 0) is 18.0 Å². The van der Waals surface area contributed by atoms with E-state index in [9.17, 15) is 0 Å². The van der Waals surface area contributed by atoms with Crippen molar-refractivity contribution in [3.63, 3.8) is 0 Å². The number of hydrogen-bond acceptors (Lipinski definition) is 2. The van der Waals surface area contributed by atoms with Crippen molar-refractivity contribution < 1.29 is 4.53 Å². The molecule has 0 heterocycles. The monoisotopic (exact) mass is 173 g/mol. The van der Waals surface area contributed by atoms with Gasteiger partial charge in [0.1, 0.15) is 0 Å². The van der Waals surface area contributed by atoms with Crippen LogP contribution >= 0.6 is 0 Å². The van der Waals surface area contributed by atoms with E-state index in [2.05, 4.69) is 32.9 Å². The Morgan fingerprint density at radius 2 is 1.64 bits per heavy atom. The minimum Gasteiger partial charge on any atom is -0.459 e. The normalized spacial score (nSPS) is 12.4. The molecule has 0 aromatic heterocycles. The second kappa shape index (κ2) is 5.35. The van der Waals surface area contributed by atoms with E-state index in [-0.39, 0.29) is 0 Å². The molecule has 2 nitrogen and oxygen atoms in total. The smallest absolute Gasteiger partial charge is 0.277 e. The number of nitrogens with zero attached hydrogens (tertiary/aromatic N) is 1. The second-order valence-corrected chi connectivity index (χ2v) is 7.23. The topological polar surface area (TPSA) is 21.6 Å². The van der Waals surface area contributed by atoms with Crippen molar-refractivity contribution in [1.29, 1.82) is 0 Å². The molecule has 0 radical (unpaired) electrons. The molecule has 0 aromatic carbocycles. The fourth-order valence-electron chi connectivity index (χ4n) is 1.14. The first kappa shape index (κ1) is 10.7. The summed E-state index contributed by atoms with van der Waals surface area (Å²) in [6, 6.07) is 0. The molecule has 0 aliphatic rings. The molecule has 0 atom stereocenters. The molecule has 0 fully saturated rings. The molecular weight excluding hydrogens is 154 g/mol. The Hall–Kier alpha value is -0.313. The van der Waals surface area contributed by atoms with Gasteiger partial charge in [-0.3, -0.25) is 0 Å². The van der Waals surface area contributed by atoms with Gasteiger partial charge in [-0.1, -0.05) is 27.7 Å². The van der Waals surface area contributed by atoms with E-state index < -0.39 is 9.04 Å². The lowest BCUT2D eigenvalue weighted by molar-refractivity contribution is 0.332. The van der Waals surface area contributed by atoms with Gasteiger partial charge in [0.05, 0.1) is 0 Å². The summed E-state index contributed by atoms with van der Waals surface area (Å²) in [5, 5.41) is 3.85. The van der Waals surface area contributed by atoms with Gasteiger partial charge in [0, 0.05) is 6.21 Å². The summed E-state index contributed by atoms with van der Waals surface area (Å²) in [7, 11) is -1.10. The minimum atomic E-state index is -1.10. The van der Waals surface area contributed by atoms with Crippen LogP contribution in [0.5, 0.6) is 0 Å². The van der Waals surface area contributed by atoms with Crippen LogP contribution in [0.3, 0.4) is 0 Å². The summed E-state index contributed by atoms with van der Waals surface area (Å²) in [5.74, 6) is 0. The van der Waals surface area contributed by atoms with Gasteiger partial charge >= 0.3 is 0 Å². The molecule has 0 saturated carbocycles. The van der Waals surface area contributed by atoms with Crippen molar-refractivity contribution in [3.8, 4) is 0 Å². The van der Waals surface area contributed by atoms with Gasteiger partial charge in [-0.25, -0.2) is 0 Å². The van der Waals surface area contributed by atoms with Crippen LogP contribution in [-0.4, -0.2) is 15.3 Å². The van der Waals surface area contributed by atoms with E-state index in [1.54, 1.807) is 6.21 Å². The Kier molecular flexibility index (Phi) is 5.20. The average molecular weight is 173 g/mol. The first-order chi connectivity index (χ1) is 5.09. The summed E-state index contributed by atoms with van der Waals surface area (Å²) in [5.41, 5.74) is 1.33. The van der Waals surface area contributed by atoms with Crippen molar-refractivity contribution in [3.05, 3.63) is 0 Å². The summed E-state index contributed by atoms with van der Waals surface area (Å²) in [6.07, 6.45) is 1.71. The minimum absolute atomic E-state index is 0.665. The van der Waals surface area contributed by atoms with Crippen molar-refractivity contribution in [2.45, 2.75) is 45.7 Å². The molecule has 0 spiro atoms. The number of oxime groups is 1. The van der Waals surface area contributed by atoms with Gasteiger partial charge in [-0.2, -0.15) is 0 Å². The SMILES string of the molecule is CC=NO[SiH](C(C)C)C(C)C. The predicted molar refractivity (Wildman–Crippen MR) is 52.6 cm³/mol. The van der Waals surface area contributed by atoms with Crippen LogP contribution in [-0.2, 0) is 4.53 Å². The molecule has 0 N–H and O–H groups in total. The van der Waals surface area contributed by atoms with E-state index in [4.69, 9.17) is 4.53 Å². The van der Waals surface area contributed by atoms with Crippen LogP contribution in [0.4, 0.5) is 0 Å². The summed E-state index contributed by atoms with van der Waals surface area (Å²) >= 11 is 0. The Morgan fingerprint density at radius 1 is 1.18 bits per heavy atom. The van der Waals surface area contributed by atoms with Gasteiger partial charge in [0.25, 0.3) is 9.04 Å². The molecule has 0 rings (SSSR count). The highest BCUT2D eigenvalue weighted by Gasteiger charge is 2.22. The Labute approximate surface area is 71.4 Å². The number of rotatable bonds is 4. The van der Waals surface area contributed by atoms with Crippen LogP contribution in [0.25, 0.3) is 0 Å². The van der Waals surface area contributed by atoms with Crippen molar-refractivity contribution in [1.82, 2.24) is 0 Å². The first-order valence-electron chi connectivity index (χ1n) is 4.23. The van der Waals surface area contributed by atoms with Gasteiger partial charge in [0.15, 0.2) is 0 Å². The summed E-state index contributed by atoms with van der Waals surface area (Å²) in [6.45, 7) is 10.7. The highest BCUT2D eigenvalue weighted by Crippen LogP contribution is 2.20. The van der Waals surface area contributed by atoms with Crippen LogP contribution in [0, 0.1) is 0 Å². The van der Waals surface area contributed by atoms with Gasteiger partial charge in [-0.15, -0.1) is 5.16 Å². The largest absolute Gasteiger partial charge is 0.459 e. The van der Waals surface area contributed by atoms with E-state index in [1.165, 1.54) is 0 Å². The summed E-state index contributed by atoms with van der Waals surface area (Å²) in [4.78, 5) is 0. The van der Waals surface area contributed by atoms with Crippen LogP contribution in [0.2, 0.25) is 11.1 Å². The predicted octanol–water partition coefficient (Wildman–Crippen LogP) is 2.55. The van der Waals surface area contributed by atoms with E-state index in [0.717, 1.165) is 0 Å². The van der Waals surface area contributed by atoms with E-state index in [0.29, 0.717) is 11.1 Å². The lowest BCUT2D eigenvalue weighted by atomic mass is 10.5. The molecule has 3 heteroatoms. The van der Waals surface area contributed by atoms with E-state index >= 15 is 0 Å². The lowest BCUT2D eigenvalue weighted by Crippen LogP contribution is -2.23. The van der Waals surface area contributed by atoms with E-state index in [1.807, 2.05) is 6.92 Å². The fraction of sp³-hybridized carbons (Fsp3) is 0.875. The zero-order valence-corrected chi connectivity index (χ0v) is 9.32. The van der Waals surface area contributed by atoms with Crippen LogP contribution in [0.1, 0.15) is 34.6 Å². The maximum Gasteiger partial charge on any atom is 0.277 e. The molecule has 0 amide bonds. The molecule has 0 saturated heterocycles. The van der Waals surface area contributed by atoms with Gasteiger partial charge in [0.2, 0.25) is 0 Å². The third-order valence-corrected chi connectivity index (χ3v) is 4.60. The fourth-order valence-corrected chi connectivity index (χ4v) is 3.43. The van der Waals surface area contributed by atoms with Crippen molar-refractivity contribution in [2.75, 3.05) is 0 Å². The average Bonchev–Trinajstić information content (AvgIpc) is 1.87. The molecule has 0 bridgehead atoms. The third-order valence-electron chi connectivity index (χ3n) is 1.60. The van der Waals surface area contributed by atoms with Crippen molar-refractivity contribution in [2.24, 2.45) is 5.16 Å². The Bertz CT molecular complexity index is 115. The lowest BCUT2D eigenvalue weighted by Gasteiger charge is -2.19. The van der Waals surface area contributed by atoms with Gasteiger partial charge < -0.3 is 4.53 Å². The highest BCUT2D eigenvalue weighted by molar-refractivity contribution is 6.54. The van der Waals surface area contributed by atoms with Crippen molar-refractivity contribution >= 4 is 15.3 Å². The molecule has 11 heavy (non-hydrogen) atoms. The zero-order valence-electron chi connectivity index (χ0n) is 8.16. The molecule has 66 valence electrons. The molecule has 0 aliphatic heterocycles. The quantitative estimate of drug-likeness (QED) is 0.364. The number of hydrogen-bond donors (Lipinski definition) is 0. The zero-order chi connectivity index (χ0) is 8.85. The standard InChI is InChI=1S/C8H19NOSi/c1-6-9-10-11(7(2)3)8(4)5/h6-8,11H,1-5H3. The molecule has 0 unspecified atom stereocenters. The Balaban J connectivity index is 3.89. The third kappa shape index (κ3) is 4.19. The van der Waals surface area contributed by atoms with Crippen LogP contribution in [0.15, 0.2) is 5.16 Å². The first-order valence-corrected chi connectivity index (χ1v) is 6.03. The molecular formula is C8H19NOSi. The van der Waals surface area contributed by atoms with Crippen LogP contribution < -0.4 is 0 Å². The maximum atomic E-state index is 5.42.